The van der Waals surface area contributed by atoms with Gasteiger partial charge in [-0.05, 0) is 30.3 Å². The van der Waals surface area contributed by atoms with Crippen LogP contribution in [0.25, 0.3) is 0 Å². The van der Waals surface area contributed by atoms with Crippen LogP contribution < -0.4 is 0 Å². The number of rotatable bonds is 5. The SMILES string of the molecule is CN1C(=O)c2ccc(C(=O)OCCOC(=O)c3ccccc3)cc2C1=O. The molecule has 0 bridgehead atoms. The van der Waals surface area contributed by atoms with Crippen LogP contribution in [0.3, 0.4) is 0 Å². The Morgan fingerprint density at radius 2 is 1.38 bits per heavy atom. The highest BCUT2D eigenvalue weighted by Crippen LogP contribution is 2.23. The smallest absolute Gasteiger partial charge is 0.338 e. The molecule has 1 heterocycles. The minimum atomic E-state index is -0.668. The second kappa shape index (κ2) is 7.18. The van der Waals surface area contributed by atoms with Gasteiger partial charge in [0.15, 0.2) is 0 Å². The summed E-state index contributed by atoms with van der Waals surface area (Å²) in [4.78, 5) is 48.6. The maximum atomic E-state index is 12.1. The van der Waals surface area contributed by atoms with Crippen LogP contribution in [0.2, 0.25) is 0 Å². The van der Waals surface area contributed by atoms with Crippen molar-refractivity contribution in [2.24, 2.45) is 0 Å². The Morgan fingerprint density at radius 3 is 2.04 bits per heavy atom. The molecule has 7 heteroatoms. The van der Waals surface area contributed by atoms with E-state index in [4.69, 9.17) is 9.47 Å². The number of carbonyl (C=O) groups is 4. The van der Waals surface area contributed by atoms with Crippen molar-refractivity contribution in [3.63, 3.8) is 0 Å². The summed E-state index contributed by atoms with van der Waals surface area (Å²) in [6.07, 6.45) is 0. The van der Waals surface area contributed by atoms with Gasteiger partial charge >= 0.3 is 11.9 Å². The third kappa shape index (κ3) is 3.32. The molecule has 0 saturated carbocycles. The summed E-state index contributed by atoms with van der Waals surface area (Å²) in [5, 5.41) is 0. The molecule has 0 saturated heterocycles. The number of hydrogen-bond donors (Lipinski definition) is 0. The Bertz CT molecular complexity index is 890. The van der Waals surface area contributed by atoms with E-state index < -0.39 is 23.8 Å². The predicted octanol–water partition coefficient (Wildman–Crippen LogP) is 1.93. The second-order valence-electron chi connectivity index (χ2n) is 5.57. The highest BCUT2D eigenvalue weighted by Gasteiger charge is 2.33. The molecule has 0 aliphatic carbocycles. The molecular weight excluding hydrogens is 338 g/mol. The Kier molecular flexibility index (Phi) is 4.79. The number of nitrogens with zero attached hydrogens (tertiary/aromatic N) is 1. The van der Waals surface area contributed by atoms with Crippen molar-refractivity contribution in [2.75, 3.05) is 20.3 Å². The van der Waals surface area contributed by atoms with Gasteiger partial charge in [-0.1, -0.05) is 18.2 Å². The van der Waals surface area contributed by atoms with Gasteiger partial charge in [-0.25, -0.2) is 9.59 Å². The van der Waals surface area contributed by atoms with Gasteiger partial charge in [-0.15, -0.1) is 0 Å². The molecule has 0 N–H and O–H groups in total. The first-order chi connectivity index (χ1) is 12.5. The van der Waals surface area contributed by atoms with Crippen molar-refractivity contribution in [3.8, 4) is 0 Å². The van der Waals surface area contributed by atoms with Gasteiger partial charge in [0, 0.05) is 7.05 Å². The number of fused-ring (bicyclic) bond motifs is 1. The first-order valence-corrected chi connectivity index (χ1v) is 7.85. The molecule has 26 heavy (non-hydrogen) atoms. The summed E-state index contributed by atoms with van der Waals surface area (Å²) in [6, 6.07) is 12.6. The molecule has 0 spiro atoms. The van der Waals surface area contributed by atoms with E-state index in [-0.39, 0.29) is 29.9 Å². The predicted molar refractivity (Wildman–Crippen MR) is 89.9 cm³/mol. The largest absolute Gasteiger partial charge is 0.458 e. The average Bonchev–Trinajstić information content (AvgIpc) is 2.89. The summed E-state index contributed by atoms with van der Waals surface area (Å²) in [6.45, 7) is -0.216. The summed E-state index contributed by atoms with van der Waals surface area (Å²) in [5.41, 5.74) is 0.979. The Hall–Kier alpha value is -3.48. The van der Waals surface area contributed by atoms with Crippen molar-refractivity contribution in [3.05, 3.63) is 70.8 Å². The molecule has 2 amide bonds. The molecule has 0 radical (unpaired) electrons. The average molecular weight is 353 g/mol. The van der Waals surface area contributed by atoms with Gasteiger partial charge in [0.1, 0.15) is 13.2 Å². The number of esters is 2. The molecule has 0 fully saturated rings. The van der Waals surface area contributed by atoms with Crippen LogP contribution in [0, 0.1) is 0 Å². The lowest BCUT2D eigenvalue weighted by Gasteiger charge is -2.07. The zero-order valence-corrected chi connectivity index (χ0v) is 13.9. The lowest BCUT2D eigenvalue weighted by Crippen LogP contribution is -2.24. The summed E-state index contributed by atoms with van der Waals surface area (Å²) < 4.78 is 10.0. The van der Waals surface area contributed by atoms with Crippen LogP contribution in [0.5, 0.6) is 0 Å². The van der Waals surface area contributed by atoms with Gasteiger partial charge in [-0.3, -0.25) is 14.5 Å². The zero-order valence-electron chi connectivity index (χ0n) is 13.9. The molecule has 2 aromatic carbocycles. The van der Waals surface area contributed by atoms with E-state index in [0.717, 1.165) is 4.90 Å². The summed E-state index contributed by atoms with van der Waals surface area (Å²) in [7, 11) is 1.38. The van der Waals surface area contributed by atoms with Crippen molar-refractivity contribution in [2.45, 2.75) is 0 Å². The van der Waals surface area contributed by atoms with Crippen molar-refractivity contribution >= 4 is 23.8 Å². The fourth-order valence-electron chi connectivity index (χ4n) is 2.50. The molecule has 0 unspecified atom stereocenters. The highest BCUT2D eigenvalue weighted by molar-refractivity contribution is 6.21. The van der Waals surface area contributed by atoms with Gasteiger partial charge in [-0.2, -0.15) is 0 Å². The minimum Gasteiger partial charge on any atom is -0.458 e. The number of carbonyl (C=O) groups excluding carboxylic acids is 4. The van der Waals surface area contributed by atoms with E-state index in [1.54, 1.807) is 30.3 Å². The monoisotopic (exact) mass is 353 g/mol. The fraction of sp³-hybridized carbons (Fsp3) is 0.158. The van der Waals surface area contributed by atoms with Crippen LogP contribution in [-0.2, 0) is 9.47 Å². The third-order valence-corrected chi connectivity index (χ3v) is 3.88. The molecule has 7 nitrogen and oxygen atoms in total. The van der Waals surface area contributed by atoms with Crippen LogP contribution in [-0.4, -0.2) is 48.9 Å². The van der Waals surface area contributed by atoms with E-state index in [1.165, 1.54) is 25.2 Å². The molecule has 3 rings (SSSR count). The third-order valence-electron chi connectivity index (χ3n) is 3.88. The Labute approximate surface area is 149 Å². The fourth-order valence-corrected chi connectivity index (χ4v) is 2.50. The van der Waals surface area contributed by atoms with Gasteiger partial charge in [0.25, 0.3) is 11.8 Å². The maximum absolute atomic E-state index is 12.1. The molecule has 132 valence electrons. The molecule has 0 atom stereocenters. The molecule has 2 aromatic rings. The quantitative estimate of drug-likeness (QED) is 0.463. The van der Waals surface area contributed by atoms with E-state index in [1.807, 2.05) is 0 Å². The van der Waals surface area contributed by atoms with Gasteiger partial charge in [0.05, 0.1) is 22.3 Å². The zero-order chi connectivity index (χ0) is 18.7. The van der Waals surface area contributed by atoms with Crippen LogP contribution in [0.15, 0.2) is 48.5 Å². The van der Waals surface area contributed by atoms with Crippen molar-refractivity contribution < 1.29 is 28.7 Å². The van der Waals surface area contributed by atoms with Crippen LogP contribution in [0.1, 0.15) is 41.4 Å². The van der Waals surface area contributed by atoms with Crippen molar-refractivity contribution in [1.29, 1.82) is 0 Å². The molecule has 1 aliphatic heterocycles. The minimum absolute atomic E-state index is 0.0927. The number of hydrogen-bond acceptors (Lipinski definition) is 6. The standard InChI is InChI=1S/C19H15NO6/c1-20-16(21)14-8-7-13(11-15(14)17(20)22)19(24)26-10-9-25-18(23)12-5-3-2-4-6-12/h2-8,11H,9-10H2,1H3. The number of imide groups is 1. The number of benzene rings is 2. The van der Waals surface area contributed by atoms with Gasteiger partial charge < -0.3 is 9.47 Å². The van der Waals surface area contributed by atoms with Crippen molar-refractivity contribution in [1.82, 2.24) is 4.90 Å². The second-order valence-corrected chi connectivity index (χ2v) is 5.57. The highest BCUT2D eigenvalue weighted by atomic mass is 16.6. The van der Waals surface area contributed by atoms with E-state index in [2.05, 4.69) is 0 Å². The van der Waals surface area contributed by atoms with Gasteiger partial charge in [0.2, 0.25) is 0 Å². The van der Waals surface area contributed by atoms with E-state index >= 15 is 0 Å². The van der Waals surface area contributed by atoms with Crippen LogP contribution >= 0.6 is 0 Å². The Morgan fingerprint density at radius 1 is 0.808 bits per heavy atom. The lowest BCUT2D eigenvalue weighted by molar-refractivity contribution is 0.0265. The number of ether oxygens (including phenoxy) is 2. The Balaban J connectivity index is 1.54. The lowest BCUT2D eigenvalue weighted by atomic mass is 10.1. The molecule has 1 aliphatic rings. The van der Waals surface area contributed by atoms with Crippen LogP contribution in [0.4, 0.5) is 0 Å². The number of amides is 2. The molecule has 0 aromatic heterocycles. The maximum Gasteiger partial charge on any atom is 0.338 e. The first kappa shape index (κ1) is 17.3. The summed E-state index contributed by atoms with van der Waals surface area (Å²) >= 11 is 0. The van der Waals surface area contributed by atoms with E-state index in [9.17, 15) is 19.2 Å². The summed E-state index contributed by atoms with van der Waals surface area (Å²) in [5.74, 6) is -2.04. The first-order valence-electron chi connectivity index (χ1n) is 7.85. The topological polar surface area (TPSA) is 90.0 Å². The molecular formula is C19H15NO6. The van der Waals surface area contributed by atoms with E-state index in [0.29, 0.717) is 5.56 Å². The normalized spacial score (nSPS) is 12.7.